The Hall–Kier alpha value is -4.42. The molecule has 0 fully saturated rings. The molecule has 260 valence electrons. The Morgan fingerprint density at radius 2 is 1.04 bits per heavy atom. The first-order chi connectivity index (χ1) is 24.3. The summed E-state index contributed by atoms with van der Waals surface area (Å²) in [5.74, 6) is 0.676. The van der Waals surface area contributed by atoms with Crippen molar-refractivity contribution in [2.75, 3.05) is 5.75 Å². The molecule has 0 saturated carbocycles. The van der Waals surface area contributed by atoms with Gasteiger partial charge in [0.1, 0.15) is 0 Å². The predicted molar refractivity (Wildman–Crippen MR) is 226 cm³/mol. The van der Waals surface area contributed by atoms with E-state index < -0.39 is 0 Å². The maximum absolute atomic E-state index is 13.1. The van der Waals surface area contributed by atoms with Gasteiger partial charge >= 0.3 is 0 Å². The third kappa shape index (κ3) is 11.3. The number of rotatable bonds is 11. The van der Waals surface area contributed by atoms with E-state index in [0.29, 0.717) is 0 Å². The van der Waals surface area contributed by atoms with Gasteiger partial charge in [-0.3, -0.25) is 9.59 Å². The second-order valence-electron chi connectivity index (χ2n) is 12.5. The summed E-state index contributed by atoms with van der Waals surface area (Å²) in [4.78, 5) is 28.6. The van der Waals surface area contributed by atoms with Gasteiger partial charge in [-0.15, -0.1) is 11.8 Å². The van der Waals surface area contributed by atoms with Crippen LogP contribution >= 0.6 is 36.6 Å². The van der Waals surface area contributed by atoms with Gasteiger partial charge in [-0.1, -0.05) is 157 Å². The summed E-state index contributed by atoms with van der Waals surface area (Å²) in [5.41, 5.74) is 8.70. The van der Waals surface area contributed by atoms with Crippen LogP contribution in [0, 0.1) is 27.7 Å². The van der Waals surface area contributed by atoms with Crippen molar-refractivity contribution in [3.63, 3.8) is 0 Å². The minimum atomic E-state index is -0.244. The molecule has 0 bridgehead atoms. The SMILES string of the molecule is Cc1ccc(SCC(C(=O)c2ccccc2)c2ccccc2)c(C)c1.Cc1ccc([SH]=CC(C(=O)c2ccccc2)c2ccccc2)c(C)c1.S. The van der Waals surface area contributed by atoms with Crippen LogP contribution in [0.5, 0.6) is 0 Å². The molecule has 0 aliphatic heterocycles. The van der Waals surface area contributed by atoms with Crippen LogP contribution in [0.2, 0.25) is 0 Å². The number of benzene rings is 6. The molecular weight excluding hydrogens is 681 g/mol. The molecule has 6 aromatic carbocycles. The Balaban J connectivity index is 0.000000224. The van der Waals surface area contributed by atoms with E-state index >= 15 is 0 Å². The van der Waals surface area contributed by atoms with Crippen molar-refractivity contribution in [2.45, 2.75) is 49.3 Å². The van der Waals surface area contributed by atoms with Crippen LogP contribution in [0.4, 0.5) is 0 Å². The number of ketones is 2. The van der Waals surface area contributed by atoms with Gasteiger partial charge in [0.25, 0.3) is 0 Å². The first-order valence-electron chi connectivity index (χ1n) is 16.9. The topological polar surface area (TPSA) is 34.1 Å². The van der Waals surface area contributed by atoms with Crippen molar-refractivity contribution in [1.82, 2.24) is 0 Å². The number of Topliss-reactive ketones (excluding diaryl/α,β-unsaturated/α-hetero) is 2. The lowest BCUT2D eigenvalue weighted by molar-refractivity contribution is 0.0965. The maximum Gasteiger partial charge on any atom is 0.174 e. The fraction of sp³-hybridized carbons (Fsp3) is 0.152. The highest BCUT2D eigenvalue weighted by Crippen LogP contribution is 2.31. The molecule has 0 aliphatic rings. The number of thioether (sulfide) groups is 1. The molecule has 2 atom stereocenters. The normalized spacial score (nSPS) is 12.0. The third-order valence-electron chi connectivity index (χ3n) is 8.53. The lowest BCUT2D eigenvalue weighted by Gasteiger charge is -2.17. The molecular formula is C46H46O2S3. The number of thiol groups is 1. The standard InChI is InChI=1S/2C23H22OS.H2S/c2*1-17-13-14-22(18(2)15-17)25-16-21(19-9-5-3-6-10-19)23(24)20-11-7-4-8-12-20;/h3-15,21H,16H2,1-2H3;3-16,21,25H,1-2H3;1H2. The summed E-state index contributed by atoms with van der Waals surface area (Å²) in [6.45, 7) is 8.46. The molecule has 0 amide bonds. The average molecular weight is 727 g/mol. The smallest absolute Gasteiger partial charge is 0.174 e. The Bertz CT molecular complexity index is 2030. The van der Waals surface area contributed by atoms with Gasteiger partial charge in [-0.25, -0.2) is 0 Å². The first-order valence-corrected chi connectivity index (χ1v) is 18.8. The van der Waals surface area contributed by atoms with Crippen molar-refractivity contribution in [3.05, 3.63) is 202 Å². The number of hydrogen-bond acceptors (Lipinski definition) is 3. The summed E-state index contributed by atoms with van der Waals surface area (Å²) < 4.78 is 0. The Morgan fingerprint density at radius 3 is 1.57 bits per heavy atom. The van der Waals surface area contributed by atoms with Gasteiger partial charge in [0.15, 0.2) is 11.6 Å². The van der Waals surface area contributed by atoms with Crippen LogP contribution in [-0.2, 0) is 0 Å². The predicted octanol–water partition coefficient (Wildman–Crippen LogP) is 11.8. The first kappa shape index (κ1) is 39.4. The highest BCUT2D eigenvalue weighted by atomic mass is 32.2. The summed E-state index contributed by atoms with van der Waals surface area (Å²) in [5, 5.41) is 2.11. The molecule has 0 saturated heterocycles. The summed E-state index contributed by atoms with van der Waals surface area (Å²) in [6, 6.07) is 52.2. The third-order valence-corrected chi connectivity index (χ3v) is 11.0. The van der Waals surface area contributed by atoms with E-state index in [-0.39, 0.29) is 36.9 Å². The summed E-state index contributed by atoms with van der Waals surface area (Å²) >= 11 is 2.83. The molecule has 0 aromatic heterocycles. The molecule has 6 rings (SSSR count). The van der Waals surface area contributed by atoms with Crippen molar-refractivity contribution in [3.8, 4) is 0 Å². The molecule has 0 radical (unpaired) electrons. The zero-order valence-corrected chi connectivity index (χ0v) is 32.3. The molecule has 51 heavy (non-hydrogen) atoms. The molecule has 0 N–H and O–H groups in total. The van der Waals surface area contributed by atoms with Gasteiger partial charge in [0, 0.05) is 26.7 Å². The van der Waals surface area contributed by atoms with Gasteiger partial charge in [0.2, 0.25) is 0 Å². The molecule has 0 heterocycles. The van der Waals surface area contributed by atoms with E-state index in [2.05, 4.69) is 69.5 Å². The molecule has 6 aromatic rings. The minimum Gasteiger partial charge on any atom is -0.293 e. The van der Waals surface area contributed by atoms with E-state index in [1.165, 1.54) is 32.0 Å². The summed E-state index contributed by atoms with van der Waals surface area (Å²) in [7, 11) is 0. The van der Waals surface area contributed by atoms with Gasteiger partial charge in [-0.05, 0) is 67.4 Å². The van der Waals surface area contributed by atoms with E-state index in [4.69, 9.17) is 0 Å². The van der Waals surface area contributed by atoms with Crippen molar-refractivity contribution >= 4 is 53.5 Å². The van der Waals surface area contributed by atoms with Crippen LogP contribution in [0.3, 0.4) is 0 Å². The van der Waals surface area contributed by atoms with Gasteiger partial charge < -0.3 is 0 Å². The second-order valence-corrected chi connectivity index (χ2v) is 14.6. The summed E-state index contributed by atoms with van der Waals surface area (Å²) in [6.07, 6.45) is 0. The Morgan fingerprint density at radius 1 is 0.569 bits per heavy atom. The van der Waals surface area contributed by atoms with E-state index in [9.17, 15) is 9.59 Å². The van der Waals surface area contributed by atoms with Crippen molar-refractivity contribution in [1.29, 1.82) is 0 Å². The highest BCUT2D eigenvalue weighted by Gasteiger charge is 2.23. The van der Waals surface area contributed by atoms with Gasteiger partial charge in [-0.2, -0.15) is 24.8 Å². The van der Waals surface area contributed by atoms with E-state index in [1.54, 1.807) is 11.8 Å². The maximum atomic E-state index is 13.1. The lowest BCUT2D eigenvalue weighted by atomic mass is 9.92. The molecule has 0 spiro atoms. The van der Waals surface area contributed by atoms with E-state index in [0.717, 1.165) is 39.4 Å². The van der Waals surface area contributed by atoms with Gasteiger partial charge in [0.05, 0.1) is 11.8 Å². The minimum absolute atomic E-state index is 0. The average Bonchev–Trinajstić information content (AvgIpc) is 3.15. The number of carbonyl (C=O) groups excluding carboxylic acids is 2. The zero-order chi connectivity index (χ0) is 35.3. The zero-order valence-electron chi connectivity index (χ0n) is 29.6. The molecule has 2 unspecified atom stereocenters. The molecule has 2 nitrogen and oxygen atoms in total. The van der Waals surface area contributed by atoms with Crippen molar-refractivity contribution < 1.29 is 9.59 Å². The second kappa shape index (κ2) is 19.8. The quantitative estimate of drug-likeness (QED) is 0.0625. The Kier molecular flexibility index (Phi) is 15.3. The monoisotopic (exact) mass is 726 g/mol. The molecule has 0 aliphatic carbocycles. The van der Waals surface area contributed by atoms with Crippen molar-refractivity contribution in [2.24, 2.45) is 0 Å². The number of carbonyl (C=O) groups is 2. The van der Waals surface area contributed by atoms with Crippen LogP contribution < -0.4 is 0 Å². The van der Waals surface area contributed by atoms with E-state index in [1.807, 2.05) is 121 Å². The number of aryl methyl sites for hydroxylation is 4. The van der Waals surface area contributed by atoms with Crippen LogP contribution in [0.25, 0.3) is 0 Å². The largest absolute Gasteiger partial charge is 0.293 e. The van der Waals surface area contributed by atoms with Crippen LogP contribution in [0.15, 0.2) is 168 Å². The fourth-order valence-electron chi connectivity index (χ4n) is 5.80. The Labute approximate surface area is 318 Å². The molecule has 5 heteroatoms. The van der Waals surface area contributed by atoms with Crippen LogP contribution in [0.1, 0.15) is 65.9 Å². The van der Waals surface area contributed by atoms with Crippen LogP contribution in [-0.4, -0.2) is 22.7 Å². The highest BCUT2D eigenvalue weighted by molar-refractivity contribution is 7.99. The number of hydrogen-bond donors (Lipinski definition) is 1. The lowest BCUT2D eigenvalue weighted by Crippen LogP contribution is -2.15. The fourth-order valence-corrected chi connectivity index (χ4v) is 7.99.